The maximum absolute atomic E-state index is 12.8. The second-order valence-electron chi connectivity index (χ2n) is 7.42. The van der Waals surface area contributed by atoms with Gasteiger partial charge in [-0.15, -0.1) is 0 Å². The third-order valence-electron chi connectivity index (χ3n) is 5.45. The number of ether oxygens (including phenoxy) is 1. The van der Waals surface area contributed by atoms with Gasteiger partial charge in [0.05, 0.1) is 7.11 Å². The summed E-state index contributed by atoms with van der Waals surface area (Å²) in [6.07, 6.45) is 0.684. The van der Waals surface area contributed by atoms with Crippen LogP contribution >= 0.6 is 0 Å². The van der Waals surface area contributed by atoms with Crippen molar-refractivity contribution in [2.75, 3.05) is 33.3 Å². The van der Waals surface area contributed by atoms with E-state index in [0.717, 1.165) is 5.56 Å². The Morgan fingerprint density at radius 3 is 2.38 bits per heavy atom. The van der Waals surface area contributed by atoms with E-state index < -0.39 is 5.97 Å². The molecule has 1 heterocycles. The number of carboxylic acid groups (broad SMARTS) is 1. The molecule has 1 amide bonds. The molecule has 154 valence electrons. The fraction of sp³-hybridized carbons (Fsp3) is 0.391. The van der Waals surface area contributed by atoms with Crippen LogP contribution in [0.5, 0.6) is 5.75 Å². The van der Waals surface area contributed by atoms with Gasteiger partial charge in [-0.3, -0.25) is 14.5 Å². The minimum absolute atomic E-state index is 0.000900. The first-order valence-electron chi connectivity index (χ1n) is 9.93. The number of nitrogens with zero attached hydrogens (tertiary/aromatic N) is 2. The van der Waals surface area contributed by atoms with E-state index >= 15 is 0 Å². The number of hydrogen-bond donors (Lipinski definition) is 1. The Bertz CT molecular complexity index is 842. The highest BCUT2D eigenvalue weighted by Crippen LogP contribution is 2.28. The summed E-state index contributed by atoms with van der Waals surface area (Å²) in [7, 11) is 1.59. The molecule has 1 N–H and O–H groups in total. The molecule has 6 nitrogen and oxygen atoms in total. The molecule has 3 rings (SSSR count). The lowest BCUT2D eigenvalue weighted by atomic mass is 9.98. The molecule has 0 radical (unpaired) electrons. The van der Waals surface area contributed by atoms with Gasteiger partial charge in [-0.05, 0) is 37.1 Å². The minimum Gasteiger partial charge on any atom is -0.497 e. The number of carbonyl (C=O) groups is 2. The van der Waals surface area contributed by atoms with Crippen molar-refractivity contribution in [3.05, 3.63) is 65.2 Å². The van der Waals surface area contributed by atoms with Gasteiger partial charge < -0.3 is 14.7 Å². The first kappa shape index (κ1) is 20.9. The number of piperazine rings is 1. The van der Waals surface area contributed by atoms with Gasteiger partial charge in [-0.25, -0.2) is 0 Å². The van der Waals surface area contributed by atoms with E-state index in [4.69, 9.17) is 9.84 Å². The molecule has 0 aliphatic carbocycles. The van der Waals surface area contributed by atoms with Crippen molar-refractivity contribution in [2.24, 2.45) is 0 Å². The predicted molar refractivity (Wildman–Crippen MR) is 111 cm³/mol. The number of aliphatic carboxylic acids is 1. The summed E-state index contributed by atoms with van der Waals surface area (Å²) in [4.78, 5) is 28.1. The number of benzene rings is 2. The number of methoxy groups -OCH3 is 1. The highest BCUT2D eigenvalue weighted by molar-refractivity contribution is 5.94. The van der Waals surface area contributed by atoms with Crippen LogP contribution in [0.1, 0.15) is 40.4 Å². The van der Waals surface area contributed by atoms with Gasteiger partial charge in [0.2, 0.25) is 0 Å². The Labute approximate surface area is 171 Å². The lowest BCUT2D eigenvalue weighted by Gasteiger charge is -2.39. The lowest BCUT2D eigenvalue weighted by Crippen LogP contribution is -2.49. The van der Waals surface area contributed by atoms with Crippen LogP contribution in [0.3, 0.4) is 0 Å². The molecule has 2 aromatic rings. The Kier molecular flexibility index (Phi) is 6.88. The normalized spacial score (nSPS) is 15.7. The second-order valence-corrected chi connectivity index (χ2v) is 7.42. The standard InChI is InChI=1S/C23H28N2O4/c1-17-6-8-18(9-7-17)21(10-11-22(26)27)24-12-14-25(15-13-24)23(28)19-4-3-5-20(16-19)29-2/h3-9,16,21H,10-15H2,1-2H3,(H,26,27)/t21-/m0/s1. The van der Waals surface area contributed by atoms with Crippen molar-refractivity contribution >= 4 is 11.9 Å². The quantitative estimate of drug-likeness (QED) is 0.777. The molecule has 1 fully saturated rings. The van der Waals surface area contributed by atoms with Gasteiger partial charge in [0, 0.05) is 44.2 Å². The molecule has 1 aliphatic rings. The molecule has 0 unspecified atom stereocenters. The summed E-state index contributed by atoms with van der Waals surface area (Å²) in [5.74, 6) is -0.113. The zero-order chi connectivity index (χ0) is 20.8. The van der Waals surface area contributed by atoms with E-state index in [1.807, 2.05) is 24.0 Å². The first-order chi connectivity index (χ1) is 14.0. The summed E-state index contributed by atoms with van der Waals surface area (Å²) in [5, 5.41) is 9.15. The summed E-state index contributed by atoms with van der Waals surface area (Å²) in [6.45, 7) is 4.71. The van der Waals surface area contributed by atoms with Crippen molar-refractivity contribution < 1.29 is 19.4 Å². The number of carbonyl (C=O) groups excluding carboxylic acids is 1. The highest BCUT2D eigenvalue weighted by Gasteiger charge is 2.28. The minimum atomic E-state index is -0.783. The number of aryl methyl sites for hydroxylation is 1. The molecular weight excluding hydrogens is 368 g/mol. The summed E-state index contributed by atoms with van der Waals surface area (Å²) < 4.78 is 5.22. The number of hydrogen-bond acceptors (Lipinski definition) is 4. The maximum atomic E-state index is 12.8. The van der Waals surface area contributed by atoms with Crippen LogP contribution in [0.25, 0.3) is 0 Å². The molecule has 1 atom stereocenters. The molecule has 0 saturated carbocycles. The van der Waals surface area contributed by atoms with Crippen molar-refractivity contribution in [3.63, 3.8) is 0 Å². The Morgan fingerprint density at radius 1 is 1.07 bits per heavy atom. The third-order valence-corrected chi connectivity index (χ3v) is 5.45. The average Bonchev–Trinajstić information content (AvgIpc) is 2.75. The van der Waals surface area contributed by atoms with E-state index in [1.165, 1.54) is 5.56 Å². The van der Waals surface area contributed by atoms with Crippen LogP contribution < -0.4 is 4.74 Å². The van der Waals surface area contributed by atoms with Crippen LogP contribution in [0.15, 0.2) is 48.5 Å². The van der Waals surface area contributed by atoms with Crippen LogP contribution in [0.2, 0.25) is 0 Å². The molecule has 6 heteroatoms. The monoisotopic (exact) mass is 396 g/mol. The van der Waals surface area contributed by atoms with Crippen LogP contribution in [0, 0.1) is 6.92 Å². The molecule has 1 saturated heterocycles. The van der Waals surface area contributed by atoms with Crippen molar-refractivity contribution in [3.8, 4) is 5.75 Å². The van der Waals surface area contributed by atoms with Gasteiger partial charge in [-0.2, -0.15) is 0 Å². The van der Waals surface area contributed by atoms with Crippen molar-refractivity contribution in [1.29, 1.82) is 0 Å². The van der Waals surface area contributed by atoms with Gasteiger partial charge in [0.25, 0.3) is 5.91 Å². The lowest BCUT2D eigenvalue weighted by molar-refractivity contribution is -0.137. The van der Waals surface area contributed by atoms with E-state index in [2.05, 4.69) is 29.2 Å². The predicted octanol–water partition coefficient (Wildman–Crippen LogP) is 3.37. The van der Waals surface area contributed by atoms with Gasteiger partial charge >= 0.3 is 5.97 Å². The zero-order valence-corrected chi connectivity index (χ0v) is 17.0. The fourth-order valence-corrected chi connectivity index (χ4v) is 3.78. The molecule has 2 aromatic carbocycles. The Morgan fingerprint density at radius 2 is 1.76 bits per heavy atom. The van der Waals surface area contributed by atoms with Gasteiger partial charge in [0.15, 0.2) is 0 Å². The first-order valence-corrected chi connectivity index (χ1v) is 9.93. The largest absolute Gasteiger partial charge is 0.497 e. The molecule has 1 aliphatic heterocycles. The second kappa shape index (κ2) is 9.56. The summed E-state index contributed by atoms with van der Waals surface area (Å²) in [6, 6.07) is 15.5. The highest BCUT2D eigenvalue weighted by atomic mass is 16.5. The average molecular weight is 396 g/mol. The Balaban J connectivity index is 1.67. The van der Waals surface area contributed by atoms with Crippen molar-refractivity contribution in [2.45, 2.75) is 25.8 Å². The maximum Gasteiger partial charge on any atom is 0.303 e. The number of rotatable bonds is 7. The topological polar surface area (TPSA) is 70.1 Å². The SMILES string of the molecule is COc1cccc(C(=O)N2CCN([C@@H](CCC(=O)O)c3ccc(C)cc3)CC2)c1. The zero-order valence-electron chi connectivity index (χ0n) is 17.0. The van der Waals surface area contributed by atoms with E-state index in [9.17, 15) is 9.59 Å². The van der Waals surface area contributed by atoms with E-state index in [0.29, 0.717) is 43.9 Å². The summed E-state index contributed by atoms with van der Waals surface area (Å²) >= 11 is 0. The van der Waals surface area contributed by atoms with Crippen LogP contribution in [0.4, 0.5) is 0 Å². The third kappa shape index (κ3) is 5.35. The molecule has 0 aromatic heterocycles. The summed E-state index contributed by atoms with van der Waals surface area (Å²) in [5.41, 5.74) is 2.93. The smallest absolute Gasteiger partial charge is 0.303 e. The van der Waals surface area contributed by atoms with E-state index in [-0.39, 0.29) is 18.4 Å². The fourth-order valence-electron chi connectivity index (χ4n) is 3.78. The molecular formula is C23H28N2O4. The van der Waals surface area contributed by atoms with Gasteiger partial charge in [-0.1, -0.05) is 35.9 Å². The molecule has 0 spiro atoms. The van der Waals surface area contributed by atoms with Crippen LogP contribution in [-0.4, -0.2) is 60.1 Å². The Hall–Kier alpha value is -2.86. The number of amides is 1. The van der Waals surface area contributed by atoms with Crippen molar-refractivity contribution in [1.82, 2.24) is 9.80 Å². The van der Waals surface area contributed by atoms with Gasteiger partial charge in [0.1, 0.15) is 5.75 Å². The molecule has 29 heavy (non-hydrogen) atoms. The number of carboxylic acids is 1. The van der Waals surface area contributed by atoms with Crippen LogP contribution in [-0.2, 0) is 4.79 Å². The molecule has 0 bridgehead atoms. The van der Waals surface area contributed by atoms with E-state index in [1.54, 1.807) is 19.2 Å².